The average molecular weight is 366 g/mol. The van der Waals surface area contributed by atoms with Crippen molar-refractivity contribution in [3.63, 3.8) is 0 Å². The normalized spacial score (nSPS) is 19.4. The molecule has 0 radical (unpaired) electrons. The van der Waals surface area contributed by atoms with Crippen LogP contribution >= 0.6 is 22.9 Å². The van der Waals surface area contributed by atoms with Gasteiger partial charge in [-0.3, -0.25) is 0 Å². The van der Waals surface area contributed by atoms with Crippen molar-refractivity contribution in [1.82, 2.24) is 4.72 Å². The highest BCUT2D eigenvalue weighted by atomic mass is 35.5. The number of nitrogens with one attached hydrogen (secondary N) is 1. The Morgan fingerprint density at radius 3 is 2.64 bits per heavy atom. The third-order valence-corrected chi connectivity index (χ3v) is 7.48. The molecule has 1 unspecified atom stereocenters. The van der Waals surface area contributed by atoms with Crippen LogP contribution in [0.2, 0.25) is 4.34 Å². The maximum Gasteiger partial charge on any atom is 0.250 e. The van der Waals surface area contributed by atoms with E-state index in [1.165, 1.54) is 18.9 Å². The summed E-state index contributed by atoms with van der Waals surface area (Å²) in [7, 11) is -3.47. The van der Waals surface area contributed by atoms with Crippen molar-refractivity contribution in [2.45, 2.75) is 55.8 Å². The van der Waals surface area contributed by atoms with Crippen molar-refractivity contribution in [3.05, 3.63) is 16.5 Å². The van der Waals surface area contributed by atoms with E-state index in [1.807, 2.05) is 6.92 Å². The first kappa shape index (κ1) is 18.2. The summed E-state index contributed by atoms with van der Waals surface area (Å²) in [5.41, 5.74) is 0. The lowest BCUT2D eigenvalue weighted by atomic mass is 9.94. The molecule has 7 heteroatoms. The maximum absolute atomic E-state index is 12.1. The molecule has 2 atom stereocenters. The Kier molecular flexibility index (Phi) is 6.71. The lowest BCUT2D eigenvalue weighted by Gasteiger charge is -2.19. The summed E-state index contributed by atoms with van der Waals surface area (Å²) in [6.45, 7) is 2.39. The molecule has 0 aliphatic heterocycles. The molecule has 126 valence electrons. The zero-order valence-corrected chi connectivity index (χ0v) is 15.2. The Morgan fingerprint density at radius 1 is 1.36 bits per heavy atom. The zero-order valence-electron chi connectivity index (χ0n) is 12.8. The molecule has 0 bridgehead atoms. The van der Waals surface area contributed by atoms with Gasteiger partial charge < -0.3 is 5.11 Å². The summed E-state index contributed by atoms with van der Waals surface area (Å²) in [5, 5.41) is 10.2. The van der Waals surface area contributed by atoms with E-state index in [1.54, 1.807) is 6.07 Å². The van der Waals surface area contributed by atoms with Crippen LogP contribution in [-0.2, 0) is 10.0 Å². The predicted octanol–water partition coefficient (Wildman–Crippen LogP) is 3.65. The zero-order chi connectivity index (χ0) is 16.2. The number of rotatable bonds is 8. The Labute approximate surface area is 141 Å². The topological polar surface area (TPSA) is 66.4 Å². The van der Waals surface area contributed by atoms with E-state index >= 15 is 0 Å². The molecular weight excluding hydrogens is 342 g/mol. The SMILES string of the molecule is C[C@@H](CCC(O)C1CCCC1)CNS(=O)(=O)c1ccc(Cl)s1. The first-order valence-corrected chi connectivity index (χ1v) is 10.5. The van der Waals surface area contributed by atoms with Gasteiger partial charge in [-0.2, -0.15) is 0 Å². The number of aliphatic hydroxyl groups is 1. The van der Waals surface area contributed by atoms with Crippen LogP contribution in [0, 0.1) is 11.8 Å². The molecule has 0 amide bonds. The molecule has 2 rings (SSSR count). The molecule has 22 heavy (non-hydrogen) atoms. The second kappa shape index (κ2) is 8.11. The molecule has 1 saturated carbocycles. The van der Waals surface area contributed by atoms with Crippen LogP contribution in [0.25, 0.3) is 0 Å². The number of halogens is 1. The number of aliphatic hydroxyl groups excluding tert-OH is 1. The Bertz CT molecular complexity index is 567. The van der Waals surface area contributed by atoms with E-state index in [0.717, 1.165) is 37.0 Å². The van der Waals surface area contributed by atoms with Gasteiger partial charge in [0.2, 0.25) is 10.0 Å². The number of thiophene rings is 1. The van der Waals surface area contributed by atoms with E-state index in [2.05, 4.69) is 4.72 Å². The molecule has 1 aromatic rings. The second-order valence-corrected chi connectivity index (χ2v) is 9.91. The van der Waals surface area contributed by atoms with Crippen molar-refractivity contribution >= 4 is 33.0 Å². The monoisotopic (exact) mass is 365 g/mol. The molecule has 1 fully saturated rings. The summed E-state index contributed by atoms with van der Waals surface area (Å²) in [6.07, 6.45) is 6.03. The number of sulfonamides is 1. The first-order chi connectivity index (χ1) is 10.4. The smallest absolute Gasteiger partial charge is 0.250 e. The predicted molar refractivity (Wildman–Crippen MR) is 90.9 cm³/mol. The molecule has 2 N–H and O–H groups in total. The summed E-state index contributed by atoms with van der Waals surface area (Å²) in [5.74, 6) is 0.637. The van der Waals surface area contributed by atoms with Gasteiger partial charge in [0, 0.05) is 6.54 Å². The lowest BCUT2D eigenvalue weighted by Crippen LogP contribution is -2.28. The van der Waals surface area contributed by atoms with Crippen molar-refractivity contribution in [3.8, 4) is 0 Å². The minimum absolute atomic E-state index is 0.196. The molecule has 0 saturated heterocycles. The molecule has 0 spiro atoms. The quantitative estimate of drug-likeness (QED) is 0.739. The van der Waals surface area contributed by atoms with Gasteiger partial charge in [0.15, 0.2) is 0 Å². The molecule has 1 aliphatic carbocycles. The molecular formula is C15H24ClNO3S2. The fourth-order valence-corrected chi connectivity index (χ4v) is 5.59. The van der Waals surface area contributed by atoms with E-state index in [0.29, 0.717) is 16.8 Å². The van der Waals surface area contributed by atoms with E-state index in [4.69, 9.17) is 11.6 Å². The van der Waals surface area contributed by atoms with Crippen LogP contribution in [0.3, 0.4) is 0 Å². The van der Waals surface area contributed by atoms with Crippen LogP contribution in [0.4, 0.5) is 0 Å². The molecule has 1 heterocycles. The minimum atomic E-state index is -3.47. The third kappa shape index (κ3) is 5.20. The van der Waals surface area contributed by atoms with Crippen LogP contribution in [0.1, 0.15) is 45.4 Å². The van der Waals surface area contributed by atoms with Gasteiger partial charge in [-0.15, -0.1) is 11.3 Å². The third-order valence-electron chi connectivity index (χ3n) is 4.33. The van der Waals surface area contributed by atoms with Gasteiger partial charge >= 0.3 is 0 Å². The fourth-order valence-electron chi connectivity index (χ4n) is 2.90. The van der Waals surface area contributed by atoms with E-state index < -0.39 is 10.0 Å². The fraction of sp³-hybridized carbons (Fsp3) is 0.733. The van der Waals surface area contributed by atoms with Crippen LogP contribution < -0.4 is 4.72 Å². The van der Waals surface area contributed by atoms with Crippen molar-refractivity contribution in [1.29, 1.82) is 0 Å². The van der Waals surface area contributed by atoms with Crippen molar-refractivity contribution in [2.75, 3.05) is 6.54 Å². The van der Waals surface area contributed by atoms with Gasteiger partial charge in [-0.25, -0.2) is 13.1 Å². The molecule has 1 aromatic heterocycles. The molecule has 4 nitrogen and oxygen atoms in total. The standard InChI is InChI=1S/C15H24ClNO3S2/c1-11(6-7-13(18)12-4-2-3-5-12)10-17-22(19,20)15-9-8-14(16)21-15/h8-9,11-13,17-18H,2-7,10H2,1H3/t11-,13?/m0/s1. The minimum Gasteiger partial charge on any atom is -0.393 e. The van der Waals surface area contributed by atoms with E-state index in [-0.39, 0.29) is 16.2 Å². The summed E-state index contributed by atoms with van der Waals surface area (Å²) < 4.78 is 27.5. The van der Waals surface area contributed by atoms with Gasteiger partial charge in [0.05, 0.1) is 10.4 Å². The van der Waals surface area contributed by atoms with Gasteiger partial charge in [-0.05, 0) is 49.7 Å². The summed E-state index contributed by atoms with van der Waals surface area (Å²) >= 11 is 6.83. The highest BCUT2D eigenvalue weighted by Crippen LogP contribution is 2.30. The van der Waals surface area contributed by atoms with Crippen LogP contribution in [0.15, 0.2) is 16.3 Å². The maximum atomic E-state index is 12.1. The Balaban J connectivity index is 1.74. The Morgan fingerprint density at radius 2 is 2.05 bits per heavy atom. The van der Waals surface area contributed by atoms with Crippen molar-refractivity contribution in [2.24, 2.45) is 11.8 Å². The second-order valence-electron chi connectivity index (χ2n) is 6.20. The number of hydrogen-bond donors (Lipinski definition) is 2. The van der Waals surface area contributed by atoms with Gasteiger partial charge in [0.1, 0.15) is 4.21 Å². The van der Waals surface area contributed by atoms with Gasteiger partial charge in [0.25, 0.3) is 0 Å². The highest BCUT2D eigenvalue weighted by molar-refractivity contribution is 7.91. The largest absolute Gasteiger partial charge is 0.393 e. The van der Waals surface area contributed by atoms with Gasteiger partial charge in [-0.1, -0.05) is 31.4 Å². The molecule has 0 aromatic carbocycles. The highest BCUT2D eigenvalue weighted by Gasteiger charge is 2.23. The van der Waals surface area contributed by atoms with Crippen LogP contribution in [-0.4, -0.2) is 26.2 Å². The van der Waals surface area contributed by atoms with Crippen molar-refractivity contribution < 1.29 is 13.5 Å². The summed E-state index contributed by atoms with van der Waals surface area (Å²) in [6, 6.07) is 3.10. The lowest BCUT2D eigenvalue weighted by molar-refractivity contribution is 0.0954. The molecule has 1 aliphatic rings. The van der Waals surface area contributed by atoms with Crippen LogP contribution in [0.5, 0.6) is 0 Å². The summed E-state index contributed by atoms with van der Waals surface area (Å²) in [4.78, 5) is 0. The van der Waals surface area contributed by atoms with E-state index in [9.17, 15) is 13.5 Å². The number of hydrogen-bond acceptors (Lipinski definition) is 4. The Hall–Kier alpha value is -0.140. The first-order valence-electron chi connectivity index (χ1n) is 7.81. The average Bonchev–Trinajstić information content (AvgIpc) is 3.14.